The van der Waals surface area contributed by atoms with Crippen molar-refractivity contribution in [2.24, 2.45) is 10.2 Å². The molecule has 0 aliphatic heterocycles. The lowest BCUT2D eigenvalue weighted by Crippen LogP contribution is -2.24. The number of aromatic nitrogens is 1. The minimum atomic E-state index is -0.788. The Morgan fingerprint density at radius 1 is 0.886 bits per heavy atom. The predicted octanol–water partition coefficient (Wildman–Crippen LogP) is 5.13. The number of esters is 1. The Morgan fingerprint density at radius 3 is 2.25 bits per heavy atom. The van der Waals surface area contributed by atoms with Gasteiger partial charge in [-0.15, -0.1) is 10.2 Å². The highest BCUT2D eigenvalue weighted by molar-refractivity contribution is 6.29. The number of hydrogen-bond donors (Lipinski definition) is 1. The van der Waals surface area contributed by atoms with Crippen molar-refractivity contribution in [1.29, 1.82) is 5.26 Å². The number of ether oxygens (including phenoxy) is 1. The summed E-state index contributed by atoms with van der Waals surface area (Å²) < 4.78 is 5.94. The molecule has 5 rings (SSSR count). The first-order valence-corrected chi connectivity index (χ1v) is 13.6. The Balaban J connectivity index is 1.37. The van der Waals surface area contributed by atoms with Crippen molar-refractivity contribution >= 4 is 34.7 Å². The van der Waals surface area contributed by atoms with Crippen molar-refractivity contribution in [1.82, 2.24) is 4.57 Å². The van der Waals surface area contributed by atoms with E-state index < -0.39 is 29.8 Å². The zero-order valence-corrected chi connectivity index (χ0v) is 23.4. The van der Waals surface area contributed by atoms with Gasteiger partial charge in [0.25, 0.3) is 5.56 Å². The lowest BCUT2D eigenvalue weighted by atomic mass is 9.83. The van der Waals surface area contributed by atoms with E-state index in [9.17, 15) is 34.3 Å². The molecule has 1 aliphatic carbocycles. The molecule has 0 fully saturated rings. The minimum Gasteiger partial charge on any atom is -0.493 e. The second-order valence-electron chi connectivity index (χ2n) is 9.90. The maximum atomic E-state index is 13.3. The quantitative estimate of drug-likeness (QED) is 0.140. The summed E-state index contributed by atoms with van der Waals surface area (Å²) in [7, 11) is 0. The summed E-state index contributed by atoms with van der Waals surface area (Å²) >= 11 is 0. The number of ketones is 3. The Bertz CT molecular complexity index is 1970. The summed E-state index contributed by atoms with van der Waals surface area (Å²) in [5.41, 5.74) is -0.0128. The number of nitrogens with zero attached hydrogens (tertiary/aromatic N) is 4. The number of pyridine rings is 1. The number of benzene rings is 3. The van der Waals surface area contributed by atoms with Gasteiger partial charge in [-0.05, 0) is 19.4 Å². The highest BCUT2D eigenvalue weighted by Gasteiger charge is 2.31. The third kappa shape index (κ3) is 5.56. The van der Waals surface area contributed by atoms with Crippen molar-refractivity contribution in [3.63, 3.8) is 0 Å². The summed E-state index contributed by atoms with van der Waals surface area (Å²) in [5.74, 6) is -2.39. The largest absolute Gasteiger partial charge is 0.493 e. The van der Waals surface area contributed by atoms with Crippen LogP contribution in [0.15, 0.2) is 87.8 Å². The highest BCUT2D eigenvalue weighted by Crippen LogP contribution is 2.36. The second kappa shape index (κ2) is 12.5. The highest BCUT2D eigenvalue weighted by atomic mass is 16.5. The predicted molar refractivity (Wildman–Crippen MR) is 157 cm³/mol. The van der Waals surface area contributed by atoms with Crippen molar-refractivity contribution in [2.75, 3.05) is 6.61 Å². The molecule has 3 aromatic carbocycles. The molecule has 0 unspecified atom stereocenters. The van der Waals surface area contributed by atoms with Crippen LogP contribution in [-0.2, 0) is 16.1 Å². The number of carbonyl (C=O) groups is 4. The normalized spacial score (nSPS) is 12.0. The van der Waals surface area contributed by atoms with Gasteiger partial charge in [0.2, 0.25) is 5.88 Å². The van der Waals surface area contributed by atoms with Gasteiger partial charge in [-0.3, -0.25) is 28.5 Å². The maximum absolute atomic E-state index is 13.3. The van der Waals surface area contributed by atoms with Gasteiger partial charge in [-0.2, -0.15) is 5.26 Å². The standard InChI is InChI=1S/C33H24N4O7/c1-19-24(17-34)32(42)37(16-8-15-27(39)44-18-26(38)20-9-3-2-4-10-20)33(43)29(19)36-35-25-14-7-13-23-28(25)31(41)22-12-6-5-11-21(22)30(23)40/h2-7,9-14,43H,8,15-16,18H2,1H3/b36-35+. The van der Waals surface area contributed by atoms with Crippen molar-refractivity contribution in [2.45, 2.75) is 26.3 Å². The second-order valence-corrected chi connectivity index (χ2v) is 9.90. The first kappa shape index (κ1) is 29.5. The molecule has 218 valence electrons. The van der Waals surface area contributed by atoms with E-state index in [1.54, 1.807) is 60.7 Å². The van der Waals surface area contributed by atoms with Gasteiger partial charge < -0.3 is 9.84 Å². The molecule has 0 saturated heterocycles. The van der Waals surface area contributed by atoms with Crippen LogP contribution in [0.5, 0.6) is 5.88 Å². The molecule has 1 aromatic heterocycles. The molecular formula is C33H24N4O7. The van der Waals surface area contributed by atoms with E-state index >= 15 is 0 Å². The van der Waals surface area contributed by atoms with E-state index in [1.807, 2.05) is 6.07 Å². The zero-order valence-electron chi connectivity index (χ0n) is 23.4. The van der Waals surface area contributed by atoms with E-state index in [2.05, 4.69) is 10.2 Å². The molecule has 0 saturated carbocycles. The molecule has 0 amide bonds. The summed E-state index contributed by atoms with van der Waals surface area (Å²) in [6.07, 6.45) is -0.132. The average Bonchev–Trinajstić information content (AvgIpc) is 3.04. The summed E-state index contributed by atoms with van der Waals surface area (Å²) in [5, 5.41) is 28.9. The van der Waals surface area contributed by atoms with Gasteiger partial charge >= 0.3 is 5.97 Å². The first-order valence-electron chi connectivity index (χ1n) is 13.6. The fraction of sp³-hybridized carbons (Fsp3) is 0.152. The molecule has 1 N–H and O–H groups in total. The Morgan fingerprint density at radius 2 is 1.55 bits per heavy atom. The molecular weight excluding hydrogens is 564 g/mol. The third-order valence-electron chi connectivity index (χ3n) is 7.18. The van der Waals surface area contributed by atoms with Crippen LogP contribution in [0.4, 0.5) is 11.4 Å². The number of nitriles is 1. The van der Waals surface area contributed by atoms with E-state index in [0.717, 1.165) is 4.57 Å². The molecule has 4 aromatic rings. The van der Waals surface area contributed by atoms with Crippen LogP contribution in [0, 0.1) is 18.3 Å². The van der Waals surface area contributed by atoms with E-state index in [4.69, 9.17) is 4.74 Å². The van der Waals surface area contributed by atoms with Crippen LogP contribution >= 0.6 is 0 Å². The monoisotopic (exact) mass is 588 g/mol. The number of carbonyl (C=O) groups excluding carboxylic acids is 4. The lowest BCUT2D eigenvalue weighted by molar-refractivity contribution is -0.142. The van der Waals surface area contributed by atoms with Gasteiger partial charge in [0.1, 0.15) is 11.6 Å². The van der Waals surface area contributed by atoms with Crippen LogP contribution in [0.3, 0.4) is 0 Å². The fourth-order valence-corrected chi connectivity index (χ4v) is 4.89. The third-order valence-corrected chi connectivity index (χ3v) is 7.18. The van der Waals surface area contributed by atoms with Gasteiger partial charge in [0, 0.05) is 40.8 Å². The SMILES string of the molecule is Cc1c(/N=N/c2cccc3c2C(=O)c2ccccc2C3=O)c(O)n(CCCC(=O)OCC(=O)c2ccccc2)c(=O)c1C#N. The number of fused-ring (bicyclic) bond motifs is 2. The number of aromatic hydroxyl groups is 1. The van der Waals surface area contributed by atoms with Crippen LogP contribution < -0.4 is 5.56 Å². The molecule has 44 heavy (non-hydrogen) atoms. The van der Waals surface area contributed by atoms with Crippen LogP contribution in [0.25, 0.3) is 0 Å². The Kier molecular flexibility index (Phi) is 8.35. The van der Waals surface area contributed by atoms with Gasteiger partial charge in [-0.25, -0.2) is 0 Å². The topological polar surface area (TPSA) is 168 Å². The molecule has 0 radical (unpaired) electrons. The van der Waals surface area contributed by atoms with Crippen molar-refractivity contribution < 1.29 is 29.0 Å². The molecule has 0 bridgehead atoms. The van der Waals surface area contributed by atoms with Gasteiger partial charge in [0.05, 0.1) is 11.3 Å². The number of rotatable bonds is 9. The number of azo groups is 1. The molecule has 1 heterocycles. The van der Waals surface area contributed by atoms with E-state index in [-0.39, 0.29) is 75.7 Å². The van der Waals surface area contributed by atoms with Crippen LogP contribution in [0.1, 0.15) is 66.2 Å². The molecule has 11 heteroatoms. The molecule has 0 atom stereocenters. The smallest absolute Gasteiger partial charge is 0.306 e. The zero-order chi connectivity index (χ0) is 31.4. The Labute approximate surface area is 250 Å². The van der Waals surface area contributed by atoms with E-state index in [1.165, 1.54) is 19.1 Å². The average molecular weight is 589 g/mol. The van der Waals surface area contributed by atoms with Crippen molar-refractivity contribution in [3.8, 4) is 11.9 Å². The summed E-state index contributed by atoms with van der Waals surface area (Å²) in [6, 6.07) is 21.2. The number of Topliss-reactive ketones (excluding diaryl/α,β-unsaturated/α-hetero) is 1. The molecule has 0 spiro atoms. The summed E-state index contributed by atoms with van der Waals surface area (Å²) in [6.45, 7) is 0.809. The van der Waals surface area contributed by atoms with E-state index in [0.29, 0.717) is 5.56 Å². The fourth-order valence-electron chi connectivity index (χ4n) is 4.89. The molecule has 1 aliphatic rings. The number of hydrogen-bond acceptors (Lipinski definition) is 10. The lowest BCUT2D eigenvalue weighted by Gasteiger charge is -2.18. The Hall–Kier alpha value is -6.02. The van der Waals surface area contributed by atoms with Crippen LogP contribution in [-0.4, -0.2) is 39.6 Å². The van der Waals surface area contributed by atoms with Crippen LogP contribution in [0.2, 0.25) is 0 Å². The van der Waals surface area contributed by atoms with Crippen molar-refractivity contribution in [3.05, 3.63) is 122 Å². The van der Waals surface area contributed by atoms with Gasteiger partial charge in [-0.1, -0.05) is 66.7 Å². The van der Waals surface area contributed by atoms with Gasteiger partial charge in [0.15, 0.2) is 29.6 Å². The maximum Gasteiger partial charge on any atom is 0.306 e. The minimum absolute atomic E-state index is 0.0402. The molecule has 11 nitrogen and oxygen atoms in total. The summed E-state index contributed by atoms with van der Waals surface area (Å²) in [4.78, 5) is 63.7. The first-order chi connectivity index (χ1) is 21.2.